The molecule has 0 aliphatic rings. The molecule has 96 valence electrons. The van der Waals surface area contributed by atoms with Crippen LogP contribution in [0.25, 0.3) is 0 Å². The van der Waals surface area contributed by atoms with Crippen LogP contribution in [0.3, 0.4) is 0 Å². The van der Waals surface area contributed by atoms with Crippen LogP contribution >= 0.6 is 0 Å². The van der Waals surface area contributed by atoms with Gasteiger partial charge in [-0.3, -0.25) is 0 Å². The predicted molar refractivity (Wildman–Crippen MR) is 75.3 cm³/mol. The van der Waals surface area contributed by atoms with Crippen molar-refractivity contribution in [3.05, 3.63) is 13.8 Å². The second-order valence-corrected chi connectivity index (χ2v) is 5.13. The van der Waals surface area contributed by atoms with E-state index in [0.29, 0.717) is 5.92 Å². The van der Waals surface area contributed by atoms with Crippen LogP contribution in [-0.2, 0) is 0 Å². The van der Waals surface area contributed by atoms with Crippen molar-refractivity contribution in [3.63, 3.8) is 0 Å². The molecular formula is C16H32. The fourth-order valence-corrected chi connectivity index (χ4v) is 2.14. The molecule has 0 aromatic heterocycles. The number of unbranched alkanes of at least 4 members (excludes halogenated alkanes) is 8. The second kappa shape index (κ2) is 13.1. The lowest BCUT2D eigenvalue weighted by atomic mass is 9.96. The second-order valence-electron chi connectivity index (χ2n) is 5.13. The first-order valence-electron chi connectivity index (χ1n) is 7.43. The van der Waals surface area contributed by atoms with E-state index >= 15 is 0 Å². The van der Waals surface area contributed by atoms with Gasteiger partial charge < -0.3 is 0 Å². The molecule has 0 fully saturated rings. The van der Waals surface area contributed by atoms with Crippen molar-refractivity contribution < 1.29 is 0 Å². The van der Waals surface area contributed by atoms with Crippen molar-refractivity contribution >= 4 is 0 Å². The molecule has 0 nitrogen and oxygen atoms in total. The van der Waals surface area contributed by atoms with Crippen LogP contribution in [0, 0.1) is 19.8 Å². The molecule has 0 rings (SSSR count). The summed E-state index contributed by atoms with van der Waals surface area (Å²) in [5, 5.41) is 0. The molecule has 0 aromatic carbocycles. The molecule has 1 unspecified atom stereocenters. The van der Waals surface area contributed by atoms with E-state index in [1.54, 1.807) is 0 Å². The van der Waals surface area contributed by atoms with Gasteiger partial charge in [-0.2, -0.15) is 0 Å². The van der Waals surface area contributed by atoms with Crippen LogP contribution in [0.15, 0.2) is 0 Å². The summed E-state index contributed by atoms with van der Waals surface area (Å²) in [6, 6.07) is 0. The van der Waals surface area contributed by atoms with E-state index < -0.39 is 0 Å². The lowest BCUT2D eigenvalue weighted by molar-refractivity contribution is 0.467. The van der Waals surface area contributed by atoms with E-state index in [0.717, 1.165) is 6.42 Å². The highest BCUT2D eigenvalue weighted by Crippen LogP contribution is 2.17. The summed E-state index contributed by atoms with van der Waals surface area (Å²) in [5.74, 6) is 0.713. The van der Waals surface area contributed by atoms with Gasteiger partial charge in [-0.05, 0) is 5.92 Å². The standard InChI is InChI=1S/C16H32/c1-4-6-8-10-11-13-15-16(3)14-12-9-7-5-2/h16H,1,3-15H2,2H3. The van der Waals surface area contributed by atoms with Crippen molar-refractivity contribution in [1.82, 2.24) is 0 Å². The molecule has 0 heteroatoms. The van der Waals surface area contributed by atoms with Crippen LogP contribution in [-0.4, -0.2) is 0 Å². The van der Waals surface area contributed by atoms with Crippen molar-refractivity contribution in [2.45, 2.75) is 84.0 Å². The first-order valence-corrected chi connectivity index (χ1v) is 7.43. The summed E-state index contributed by atoms with van der Waals surface area (Å²) >= 11 is 0. The molecule has 0 heterocycles. The van der Waals surface area contributed by atoms with Gasteiger partial charge in [0.2, 0.25) is 0 Å². The summed E-state index contributed by atoms with van der Waals surface area (Å²) in [7, 11) is 0. The summed E-state index contributed by atoms with van der Waals surface area (Å²) in [5.41, 5.74) is 0. The molecule has 0 saturated carbocycles. The lowest BCUT2D eigenvalue weighted by Crippen LogP contribution is -1.95. The van der Waals surface area contributed by atoms with E-state index in [2.05, 4.69) is 20.8 Å². The van der Waals surface area contributed by atoms with Gasteiger partial charge in [0.15, 0.2) is 0 Å². The van der Waals surface area contributed by atoms with Gasteiger partial charge in [-0.15, -0.1) is 0 Å². The molecule has 0 bridgehead atoms. The quantitative estimate of drug-likeness (QED) is 0.358. The molecule has 16 heavy (non-hydrogen) atoms. The SMILES string of the molecule is [CH2]CCCCCCCC([CH2])CCCCCC. The van der Waals surface area contributed by atoms with Crippen molar-refractivity contribution in [2.75, 3.05) is 0 Å². The number of hydrogen-bond acceptors (Lipinski definition) is 0. The maximum Gasteiger partial charge on any atom is -0.0414 e. The third-order valence-corrected chi connectivity index (χ3v) is 3.33. The van der Waals surface area contributed by atoms with Gasteiger partial charge in [0, 0.05) is 0 Å². The molecule has 0 aliphatic carbocycles. The Morgan fingerprint density at radius 2 is 1.25 bits per heavy atom. The maximum atomic E-state index is 4.26. The third kappa shape index (κ3) is 12.1. The third-order valence-electron chi connectivity index (χ3n) is 3.33. The molecule has 0 N–H and O–H groups in total. The zero-order valence-electron chi connectivity index (χ0n) is 11.5. The summed E-state index contributed by atoms with van der Waals surface area (Å²) in [4.78, 5) is 0. The first-order chi connectivity index (χ1) is 7.81. The fraction of sp³-hybridized carbons (Fsp3) is 0.875. The Balaban J connectivity index is 3.08. The van der Waals surface area contributed by atoms with Gasteiger partial charge in [-0.1, -0.05) is 97.8 Å². The highest BCUT2D eigenvalue weighted by molar-refractivity contribution is 4.62. The highest BCUT2D eigenvalue weighted by Gasteiger charge is 2.01. The van der Waals surface area contributed by atoms with Crippen molar-refractivity contribution in [1.29, 1.82) is 0 Å². The Morgan fingerprint density at radius 1 is 0.750 bits per heavy atom. The molecule has 0 aromatic rings. The predicted octanol–water partition coefficient (Wildman–Crippen LogP) is 5.97. The Hall–Kier alpha value is 0. The summed E-state index contributed by atoms with van der Waals surface area (Å²) in [6.07, 6.45) is 16.2. The Kier molecular flexibility index (Phi) is 13.1. The molecule has 1 atom stereocenters. The van der Waals surface area contributed by atoms with Gasteiger partial charge >= 0.3 is 0 Å². The molecule has 2 radical (unpaired) electrons. The van der Waals surface area contributed by atoms with E-state index in [9.17, 15) is 0 Å². The minimum absolute atomic E-state index is 0.713. The van der Waals surface area contributed by atoms with Gasteiger partial charge in [0.25, 0.3) is 0 Å². The van der Waals surface area contributed by atoms with Gasteiger partial charge in [-0.25, -0.2) is 0 Å². The topological polar surface area (TPSA) is 0 Å². The first kappa shape index (κ1) is 16.0. The highest BCUT2D eigenvalue weighted by atomic mass is 14.1. The van der Waals surface area contributed by atoms with Crippen LogP contribution in [0.5, 0.6) is 0 Å². The minimum Gasteiger partial charge on any atom is -0.0654 e. The summed E-state index contributed by atoms with van der Waals surface area (Å²) < 4.78 is 0. The number of rotatable bonds is 12. The Labute approximate surface area is 104 Å². The Morgan fingerprint density at radius 3 is 1.81 bits per heavy atom. The van der Waals surface area contributed by atoms with Gasteiger partial charge in [0.1, 0.15) is 0 Å². The average Bonchev–Trinajstić information content (AvgIpc) is 2.29. The average molecular weight is 224 g/mol. The minimum atomic E-state index is 0.713. The smallest absolute Gasteiger partial charge is 0.0414 e. The zero-order chi connectivity index (χ0) is 12.1. The van der Waals surface area contributed by atoms with E-state index in [1.807, 2.05) is 0 Å². The molecule has 0 amide bonds. The van der Waals surface area contributed by atoms with Crippen molar-refractivity contribution in [2.24, 2.45) is 5.92 Å². The van der Waals surface area contributed by atoms with Crippen LogP contribution < -0.4 is 0 Å². The molecule has 0 spiro atoms. The fourth-order valence-electron chi connectivity index (χ4n) is 2.14. The van der Waals surface area contributed by atoms with Crippen LogP contribution in [0.4, 0.5) is 0 Å². The zero-order valence-corrected chi connectivity index (χ0v) is 11.5. The molecule has 0 aliphatic heterocycles. The molecule has 0 saturated heterocycles. The molecular weight excluding hydrogens is 192 g/mol. The normalized spacial score (nSPS) is 12.9. The summed E-state index contributed by atoms with van der Waals surface area (Å²) in [6.45, 7) is 10.4. The monoisotopic (exact) mass is 224 g/mol. The lowest BCUT2D eigenvalue weighted by Gasteiger charge is -2.10. The van der Waals surface area contributed by atoms with E-state index in [4.69, 9.17) is 0 Å². The largest absolute Gasteiger partial charge is 0.0654 e. The number of hydrogen-bond donors (Lipinski definition) is 0. The van der Waals surface area contributed by atoms with E-state index in [1.165, 1.54) is 70.6 Å². The Bertz CT molecular complexity index is 117. The van der Waals surface area contributed by atoms with Crippen LogP contribution in [0.1, 0.15) is 84.0 Å². The van der Waals surface area contributed by atoms with Gasteiger partial charge in [0.05, 0.1) is 0 Å². The van der Waals surface area contributed by atoms with Crippen molar-refractivity contribution in [3.8, 4) is 0 Å². The van der Waals surface area contributed by atoms with Crippen LogP contribution in [0.2, 0.25) is 0 Å². The maximum absolute atomic E-state index is 4.26. The van der Waals surface area contributed by atoms with E-state index in [-0.39, 0.29) is 0 Å².